The molecule has 0 saturated carbocycles. The monoisotopic (exact) mass is 198 g/mol. The standard InChI is InChI=1S/C10H14O2S/c1-8(12)7-13-10-4-2-3-9(5-10)6-11/h2-5,8,11-12H,6-7H2,1H3. The van der Waals surface area contributed by atoms with Gasteiger partial charge in [-0.25, -0.2) is 0 Å². The van der Waals surface area contributed by atoms with Crippen LogP contribution in [-0.4, -0.2) is 22.1 Å². The molecule has 3 heteroatoms. The van der Waals surface area contributed by atoms with Gasteiger partial charge in [0.25, 0.3) is 0 Å². The summed E-state index contributed by atoms with van der Waals surface area (Å²) in [6.07, 6.45) is -0.289. The lowest BCUT2D eigenvalue weighted by molar-refractivity contribution is 0.220. The molecule has 0 heterocycles. The van der Waals surface area contributed by atoms with Crippen LogP contribution in [0.1, 0.15) is 12.5 Å². The second-order valence-corrected chi connectivity index (χ2v) is 4.06. The predicted octanol–water partition coefficient (Wildman–Crippen LogP) is 1.65. The van der Waals surface area contributed by atoms with Crippen molar-refractivity contribution in [3.63, 3.8) is 0 Å². The third-order valence-corrected chi connectivity index (χ3v) is 2.81. The van der Waals surface area contributed by atoms with Crippen molar-refractivity contribution in [1.82, 2.24) is 0 Å². The molecule has 13 heavy (non-hydrogen) atoms. The van der Waals surface area contributed by atoms with Gasteiger partial charge in [-0.3, -0.25) is 0 Å². The van der Waals surface area contributed by atoms with Gasteiger partial charge in [0.05, 0.1) is 12.7 Å². The summed E-state index contributed by atoms with van der Waals surface area (Å²) in [5.41, 5.74) is 0.913. The first-order valence-corrected chi connectivity index (χ1v) is 5.21. The highest BCUT2D eigenvalue weighted by Crippen LogP contribution is 2.19. The Morgan fingerprint density at radius 2 is 2.23 bits per heavy atom. The molecule has 0 bridgehead atoms. The van der Waals surface area contributed by atoms with Crippen LogP contribution in [0, 0.1) is 0 Å². The van der Waals surface area contributed by atoms with Crippen LogP contribution >= 0.6 is 11.8 Å². The van der Waals surface area contributed by atoms with Gasteiger partial charge in [-0.1, -0.05) is 12.1 Å². The Labute approximate surface area is 82.6 Å². The summed E-state index contributed by atoms with van der Waals surface area (Å²) in [6, 6.07) is 7.71. The van der Waals surface area contributed by atoms with E-state index in [-0.39, 0.29) is 12.7 Å². The van der Waals surface area contributed by atoms with E-state index in [2.05, 4.69) is 0 Å². The molecule has 1 rings (SSSR count). The van der Waals surface area contributed by atoms with E-state index in [0.29, 0.717) is 5.75 Å². The summed E-state index contributed by atoms with van der Waals surface area (Å²) in [5.74, 6) is 0.689. The van der Waals surface area contributed by atoms with E-state index < -0.39 is 0 Å². The van der Waals surface area contributed by atoms with E-state index in [0.717, 1.165) is 10.5 Å². The molecule has 0 saturated heterocycles. The molecule has 0 aromatic heterocycles. The van der Waals surface area contributed by atoms with E-state index in [4.69, 9.17) is 10.2 Å². The van der Waals surface area contributed by atoms with Crippen LogP contribution < -0.4 is 0 Å². The summed E-state index contributed by atoms with van der Waals surface area (Å²) in [4.78, 5) is 1.09. The highest BCUT2D eigenvalue weighted by molar-refractivity contribution is 7.99. The highest BCUT2D eigenvalue weighted by atomic mass is 32.2. The zero-order valence-electron chi connectivity index (χ0n) is 7.60. The summed E-state index contributed by atoms with van der Waals surface area (Å²) in [7, 11) is 0. The van der Waals surface area contributed by atoms with Crippen molar-refractivity contribution in [3.8, 4) is 0 Å². The second-order valence-electron chi connectivity index (χ2n) is 2.97. The van der Waals surface area contributed by atoms with E-state index in [1.165, 1.54) is 0 Å². The third kappa shape index (κ3) is 3.81. The maximum atomic E-state index is 9.07. The normalized spacial score (nSPS) is 12.8. The minimum absolute atomic E-state index is 0.0725. The topological polar surface area (TPSA) is 40.5 Å². The fourth-order valence-electron chi connectivity index (χ4n) is 0.950. The number of benzene rings is 1. The van der Waals surface area contributed by atoms with Crippen molar-refractivity contribution in [2.24, 2.45) is 0 Å². The molecule has 1 atom stereocenters. The molecule has 1 unspecified atom stereocenters. The SMILES string of the molecule is CC(O)CSc1cccc(CO)c1. The Bertz CT molecular complexity index is 261. The summed E-state index contributed by atoms with van der Waals surface area (Å²) in [5, 5.41) is 18.0. The number of thioether (sulfide) groups is 1. The van der Waals surface area contributed by atoms with E-state index in [1.54, 1.807) is 18.7 Å². The van der Waals surface area contributed by atoms with Crippen LogP contribution in [0.5, 0.6) is 0 Å². The van der Waals surface area contributed by atoms with Gasteiger partial charge in [0.1, 0.15) is 0 Å². The van der Waals surface area contributed by atoms with Gasteiger partial charge in [-0.15, -0.1) is 11.8 Å². The fraction of sp³-hybridized carbons (Fsp3) is 0.400. The van der Waals surface area contributed by atoms with Gasteiger partial charge in [0, 0.05) is 10.6 Å². The smallest absolute Gasteiger partial charge is 0.0682 e. The van der Waals surface area contributed by atoms with Gasteiger partial charge in [-0.2, -0.15) is 0 Å². The first kappa shape index (κ1) is 10.6. The van der Waals surface area contributed by atoms with Crippen molar-refractivity contribution >= 4 is 11.8 Å². The van der Waals surface area contributed by atoms with Gasteiger partial charge < -0.3 is 10.2 Å². The summed E-state index contributed by atoms with van der Waals surface area (Å²) < 4.78 is 0. The van der Waals surface area contributed by atoms with E-state index in [9.17, 15) is 0 Å². The number of rotatable bonds is 4. The molecule has 0 amide bonds. The Balaban J connectivity index is 2.56. The molecule has 1 aromatic carbocycles. The maximum Gasteiger partial charge on any atom is 0.0682 e. The first-order chi connectivity index (χ1) is 6.22. The summed E-state index contributed by atoms with van der Waals surface area (Å²) in [6.45, 7) is 1.84. The molecule has 2 N–H and O–H groups in total. The van der Waals surface area contributed by atoms with Crippen LogP contribution in [0.2, 0.25) is 0 Å². The minimum atomic E-state index is -0.289. The molecular formula is C10H14O2S. The molecule has 2 nitrogen and oxygen atoms in total. The lowest BCUT2D eigenvalue weighted by Crippen LogP contribution is -2.02. The lowest BCUT2D eigenvalue weighted by atomic mass is 10.2. The molecule has 72 valence electrons. The Morgan fingerprint density at radius 3 is 2.85 bits per heavy atom. The van der Waals surface area contributed by atoms with Crippen molar-refractivity contribution < 1.29 is 10.2 Å². The molecule has 0 fully saturated rings. The number of aliphatic hydroxyl groups is 2. The molecule has 0 aliphatic rings. The number of hydrogen-bond donors (Lipinski definition) is 2. The molecule has 0 radical (unpaired) electrons. The molecule has 0 spiro atoms. The molecule has 1 aromatic rings. The fourth-order valence-corrected chi connectivity index (χ4v) is 1.79. The average Bonchev–Trinajstić information content (AvgIpc) is 2.15. The highest BCUT2D eigenvalue weighted by Gasteiger charge is 1.99. The second kappa shape index (κ2) is 5.27. The van der Waals surface area contributed by atoms with Crippen LogP contribution in [0.4, 0.5) is 0 Å². The first-order valence-electron chi connectivity index (χ1n) is 4.23. The average molecular weight is 198 g/mol. The number of hydrogen-bond acceptors (Lipinski definition) is 3. The summed E-state index contributed by atoms with van der Waals surface area (Å²) >= 11 is 1.60. The van der Waals surface area contributed by atoms with Crippen LogP contribution in [0.25, 0.3) is 0 Å². The Morgan fingerprint density at radius 1 is 1.46 bits per heavy atom. The van der Waals surface area contributed by atoms with Gasteiger partial charge in [0.2, 0.25) is 0 Å². The Kier molecular flexibility index (Phi) is 4.28. The molecule has 0 aliphatic carbocycles. The van der Waals surface area contributed by atoms with Gasteiger partial charge in [0.15, 0.2) is 0 Å². The largest absolute Gasteiger partial charge is 0.393 e. The molecule has 0 aliphatic heterocycles. The van der Waals surface area contributed by atoms with Gasteiger partial charge >= 0.3 is 0 Å². The molecular weight excluding hydrogens is 184 g/mol. The van der Waals surface area contributed by atoms with E-state index in [1.807, 2.05) is 24.3 Å². The maximum absolute atomic E-state index is 9.07. The van der Waals surface area contributed by atoms with Crippen LogP contribution in [0.15, 0.2) is 29.2 Å². The van der Waals surface area contributed by atoms with Crippen LogP contribution in [0.3, 0.4) is 0 Å². The van der Waals surface area contributed by atoms with E-state index >= 15 is 0 Å². The number of aliphatic hydroxyl groups excluding tert-OH is 2. The zero-order valence-corrected chi connectivity index (χ0v) is 8.42. The van der Waals surface area contributed by atoms with Crippen molar-refractivity contribution in [3.05, 3.63) is 29.8 Å². The third-order valence-electron chi connectivity index (χ3n) is 1.57. The zero-order chi connectivity index (χ0) is 9.68. The predicted molar refractivity (Wildman–Crippen MR) is 54.8 cm³/mol. The quantitative estimate of drug-likeness (QED) is 0.723. The van der Waals surface area contributed by atoms with Crippen LogP contribution in [-0.2, 0) is 6.61 Å². The van der Waals surface area contributed by atoms with Gasteiger partial charge in [-0.05, 0) is 24.6 Å². The minimum Gasteiger partial charge on any atom is -0.393 e. The van der Waals surface area contributed by atoms with Crippen molar-refractivity contribution in [2.75, 3.05) is 5.75 Å². The Hall–Kier alpha value is -0.510. The van der Waals surface area contributed by atoms with Crippen molar-refractivity contribution in [2.45, 2.75) is 24.5 Å². The van der Waals surface area contributed by atoms with Crippen molar-refractivity contribution in [1.29, 1.82) is 0 Å². The lowest BCUT2D eigenvalue weighted by Gasteiger charge is -2.04.